The zero-order valence-corrected chi connectivity index (χ0v) is 12.1. The fourth-order valence-corrected chi connectivity index (χ4v) is 3.39. The van der Waals surface area contributed by atoms with E-state index in [0.717, 1.165) is 11.8 Å². The van der Waals surface area contributed by atoms with Crippen molar-refractivity contribution < 1.29 is 0 Å². The zero-order valence-electron chi connectivity index (χ0n) is 12.1. The summed E-state index contributed by atoms with van der Waals surface area (Å²) in [6.07, 6.45) is 5.40. The molecular formula is C17H27N. The van der Waals surface area contributed by atoms with E-state index in [4.69, 9.17) is 5.73 Å². The first kappa shape index (κ1) is 13.6. The van der Waals surface area contributed by atoms with Crippen LogP contribution in [-0.2, 0) is 6.54 Å². The van der Waals surface area contributed by atoms with Gasteiger partial charge in [-0.1, -0.05) is 45.0 Å². The van der Waals surface area contributed by atoms with Gasteiger partial charge in [0, 0.05) is 6.54 Å². The molecular weight excluding hydrogens is 218 g/mol. The minimum atomic E-state index is 0.471. The van der Waals surface area contributed by atoms with E-state index >= 15 is 0 Å². The fourth-order valence-electron chi connectivity index (χ4n) is 3.39. The van der Waals surface area contributed by atoms with Crippen LogP contribution in [0.5, 0.6) is 0 Å². The molecule has 0 spiro atoms. The third-order valence-corrected chi connectivity index (χ3v) is 4.67. The molecule has 0 unspecified atom stereocenters. The van der Waals surface area contributed by atoms with E-state index in [0.29, 0.717) is 12.0 Å². The van der Waals surface area contributed by atoms with E-state index in [1.165, 1.54) is 36.8 Å². The molecule has 1 aliphatic rings. The maximum Gasteiger partial charge on any atom is 0.0180 e. The van der Waals surface area contributed by atoms with Crippen LogP contribution in [0.3, 0.4) is 0 Å². The van der Waals surface area contributed by atoms with Gasteiger partial charge in [-0.25, -0.2) is 0 Å². The summed E-state index contributed by atoms with van der Waals surface area (Å²) in [7, 11) is 0. The Morgan fingerprint density at radius 1 is 1.06 bits per heavy atom. The molecule has 1 nitrogen and oxygen atoms in total. The molecule has 0 radical (unpaired) electrons. The Bertz CT molecular complexity index is 381. The quantitative estimate of drug-likeness (QED) is 0.817. The van der Waals surface area contributed by atoms with Crippen molar-refractivity contribution in [2.45, 2.75) is 58.9 Å². The van der Waals surface area contributed by atoms with Gasteiger partial charge in [0.2, 0.25) is 0 Å². The predicted octanol–water partition coefficient (Wildman–Crippen LogP) is 4.47. The van der Waals surface area contributed by atoms with Gasteiger partial charge in [-0.15, -0.1) is 0 Å². The molecule has 0 aromatic heterocycles. The molecule has 1 saturated carbocycles. The van der Waals surface area contributed by atoms with Gasteiger partial charge in [0.25, 0.3) is 0 Å². The summed E-state index contributed by atoms with van der Waals surface area (Å²) in [5, 5.41) is 0. The summed E-state index contributed by atoms with van der Waals surface area (Å²) in [5.74, 6) is 1.63. The fraction of sp³-hybridized carbons (Fsp3) is 0.647. The van der Waals surface area contributed by atoms with E-state index in [1.54, 1.807) is 0 Å². The predicted molar refractivity (Wildman–Crippen MR) is 78.5 cm³/mol. The van der Waals surface area contributed by atoms with Gasteiger partial charge >= 0.3 is 0 Å². The maximum atomic E-state index is 5.85. The average Bonchev–Trinajstić information content (AvgIpc) is 2.38. The van der Waals surface area contributed by atoms with Crippen molar-refractivity contribution in [3.8, 4) is 0 Å². The van der Waals surface area contributed by atoms with Crippen LogP contribution in [0.15, 0.2) is 24.3 Å². The summed E-state index contributed by atoms with van der Waals surface area (Å²) in [5.41, 5.74) is 9.18. The lowest BCUT2D eigenvalue weighted by Crippen LogP contribution is -2.25. The minimum Gasteiger partial charge on any atom is -0.326 e. The lowest BCUT2D eigenvalue weighted by atomic mass is 9.68. The van der Waals surface area contributed by atoms with E-state index in [1.807, 2.05) is 0 Å². The molecule has 2 rings (SSSR count). The lowest BCUT2D eigenvalue weighted by Gasteiger charge is -2.37. The Morgan fingerprint density at radius 2 is 1.67 bits per heavy atom. The molecule has 0 bridgehead atoms. The van der Waals surface area contributed by atoms with E-state index in [9.17, 15) is 0 Å². The van der Waals surface area contributed by atoms with Crippen LogP contribution in [0.1, 0.15) is 63.5 Å². The van der Waals surface area contributed by atoms with Crippen LogP contribution < -0.4 is 5.73 Å². The molecule has 0 saturated heterocycles. The zero-order chi connectivity index (χ0) is 13.2. The summed E-state index contributed by atoms with van der Waals surface area (Å²) >= 11 is 0. The van der Waals surface area contributed by atoms with Crippen LogP contribution in [0.25, 0.3) is 0 Å². The number of hydrogen-bond acceptors (Lipinski definition) is 1. The highest BCUT2D eigenvalue weighted by Crippen LogP contribution is 2.43. The molecule has 0 aliphatic heterocycles. The largest absolute Gasteiger partial charge is 0.326 e. The Hall–Kier alpha value is -0.820. The van der Waals surface area contributed by atoms with Gasteiger partial charge in [-0.2, -0.15) is 0 Å². The molecule has 2 N–H and O–H groups in total. The van der Waals surface area contributed by atoms with Crippen LogP contribution >= 0.6 is 0 Å². The first-order valence-corrected chi connectivity index (χ1v) is 7.30. The van der Waals surface area contributed by atoms with Crippen molar-refractivity contribution in [3.63, 3.8) is 0 Å². The molecule has 1 aromatic rings. The Morgan fingerprint density at radius 3 is 2.22 bits per heavy atom. The number of benzene rings is 1. The van der Waals surface area contributed by atoms with Crippen molar-refractivity contribution in [2.75, 3.05) is 0 Å². The molecule has 1 aromatic carbocycles. The second kappa shape index (κ2) is 5.44. The second-order valence-corrected chi connectivity index (χ2v) is 6.82. The Labute approximate surface area is 112 Å². The van der Waals surface area contributed by atoms with Crippen molar-refractivity contribution >= 4 is 0 Å². The third-order valence-electron chi connectivity index (χ3n) is 4.67. The van der Waals surface area contributed by atoms with Crippen molar-refractivity contribution in [1.29, 1.82) is 0 Å². The minimum absolute atomic E-state index is 0.471. The molecule has 0 atom stereocenters. The van der Waals surface area contributed by atoms with Gasteiger partial charge in [0.05, 0.1) is 0 Å². The van der Waals surface area contributed by atoms with Crippen molar-refractivity contribution in [2.24, 2.45) is 17.1 Å². The van der Waals surface area contributed by atoms with Crippen LogP contribution in [0.2, 0.25) is 0 Å². The molecule has 1 fully saturated rings. The topological polar surface area (TPSA) is 26.0 Å². The first-order valence-electron chi connectivity index (χ1n) is 7.30. The first-order chi connectivity index (χ1) is 8.52. The van der Waals surface area contributed by atoms with Crippen molar-refractivity contribution in [1.82, 2.24) is 0 Å². The average molecular weight is 245 g/mol. The summed E-state index contributed by atoms with van der Waals surface area (Å²) in [6, 6.07) is 8.73. The smallest absolute Gasteiger partial charge is 0.0180 e. The highest BCUT2D eigenvalue weighted by molar-refractivity contribution is 5.30. The maximum absolute atomic E-state index is 5.85. The highest BCUT2D eigenvalue weighted by atomic mass is 14.5. The van der Waals surface area contributed by atoms with E-state index in [2.05, 4.69) is 45.0 Å². The van der Waals surface area contributed by atoms with Crippen molar-refractivity contribution in [3.05, 3.63) is 35.4 Å². The monoisotopic (exact) mass is 245 g/mol. The highest BCUT2D eigenvalue weighted by Gasteiger charge is 2.30. The second-order valence-electron chi connectivity index (χ2n) is 6.82. The third kappa shape index (κ3) is 2.95. The van der Waals surface area contributed by atoms with Gasteiger partial charge in [0.15, 0.2) is 0 Å². The molecule has 1 aliphatic carbocycles. The standard InChI is InChI=1S/C17H27N/c1-17(2,3)15-10-8-13(9-11-15)16-7-5-4-6-14(16)12-18/h4-7,13,15H,8-12,18H2,1-3H3. The lowest BCUT2D eigenvalue weighted by molar-refractivity contribution is 0.169. The van der Waals surface area contributed by atoms with Crippen LogP contribution in [0, 0.1) is 11.3 Å². The van der Waals surface area contributed by atoms with Gasteiger partial charge in [-0.05, 0) is 54.1 Å². The van der Waals surface area contributed by atoms with Crippen LogP contribution in [-0.4, -0.2) is 0 Å². The summed E-state index contributed by atoms with van der Waals surface area (Å²) < 4.78 is 0. The van der Waals surface area contributed by atoms with Gasteiger partial charge in [0.1, 0.15) is 0 Å². The number of hydrogen-bond donors (Lipinski definition) is 1. The molecule has 1 heteroatoms. The SMILES string of the molecule is CC(C)(C)C1CCC(c2ccccc2CN)CC1. The van der Waals surface area contributed by atoms with Gasteiger partial charge in [-0.3, -0.25) is 0 Å². The Balaban J connectivity index is 2.06. The van der Waals surface area contributed by atoms with Gasteiger partial charge < -0.3 is 5.73 Å². The molecule has 18 heavy (non-hydrogen) atoms. The van der Waals surface area contributed by atoms with E-state index in [-0.39, 0.29) is 0 Å². The number of nitrogens with two attached hydrogens (primary N) is 1. The number of rotatable bonds is 2. The van der Waals surface area contributed by atoms with Crippen LogP contribution in [0.4, 0.5) is 0 Å². The Kier molecular flexibility index (Phi) is 4.11. The van der Waals surface area contributed by atoms with E-state index < -0.39 is 0 Å². The molecule has 0 heterocycles. The molecule has 0 amide bonds. The molecule has 100 valence electrons. The summed E-state index contributed by atoms with van der Waals surface area (Å²) in [4.78, 5) is 0. The normalized spacial score (nSPS) is 25.1. The summed E-state index contributed by atoms with van der Waals surface area (Å²) in [6.45, 7) is 7.82.